The molecule has 0 aliphatic carbocycles. The molecule has 9 heteroatoms. The molecule has 2 aromatic rings. The number of phenols is 1. The Morgan fingerprint density at radius 2 is 1.83 bits per heavy atom. The predicted molar refractivity (Wildman–Crippen MR) is 129 cm³/mol. The molecule has 0 unspecified atom stereocenters. The summed E-state index contributed by atoms with van der Waals surface area (Å²) in [5.41, 5.74) is 1.03. The standard InChI is InChI=1S/C21H18ClIN2O4S/c1-3-24-19(27)15(9-12-10-16(23)18(26)17(11-12)29-4-2)20(28)25(21(24)30)14-7-5-13(22)6-8-14/h5-11,26H,3-4H2,1-2H3/b15-9+. The van der Waals surface area contributed by atoms with Crippen LogP contribution >= 0.6 is 46.4 Å². The number of hydrogen-bond acceptors (Lipinski definition) is 5. The van der Waals surface area contributed by atoms with Crippen LogP contribution < -0.4 is 9.64 Å². The quantitative estimate of drug-likeness (QED) is 0.252. The highest BCUT2D eigenvalue weighted by atomic mass is 127. The van der Waals surface area contributed by atoms with Crippen LogP contribution in [0, 0.1) is 3.57 Å². The number of amides is 2. The predicted octanol–water partition coefficient (Wildman–Crippen LogP) is 4.61. The van der Waals surface area contributed by atoms with Crippen molar-refractivity contribution in [2.24, 2.45) is 0 Å². The lowest BCUT2D eigenvalue weighted by atomic mass is 10.1. The number of carbonyl (C=O) groups excluding carboxylic acids is 2. The molecule has 156 valence electrons. The van der Waals surface area contributed by atoms with Crippen LogP contribution in [0.2, 0.25) is 5.02 Å². The highest BCUT2D eigenvalue weighted by molar-refractivity contribution is 14.1. The molecule has 0 atom stereocenters. The minimum absolute atomic E-state index is 0.0139. The molecule has 1 saturated heterocycles. The van der Waals surface area contributed by atoms with Crippen molar-refractivity contribution in [2.45, 2.75) is 13.8 Å². The van der Waals surface area contributed by atoms with Gasteiger partial charge in [0.15, 0.2) is 16.6 Å². The smallest absolute Gasteiger partial charge is 0.270 e. The largest absolute Gasteiger partial charge is 0.504 e. The fraction of sp³-hybridized carbons (Fsp3) is 0.190. The topological polar surface area (TPSA) is 70.1 Å². The average molecular weight is 557 g/mol. The second-order valence-corrected chi connectivity index (χ2v) is 8.25. The number of anilines is 1. The summed E-state index contributed by atoms with van der Waals surface area (Å²) in [7, 11) is 0. The van der Waals surface area contributed by atoms with Crippen LogP contribution in [0.3, 0.4) is 0 Å². The lowest BCUT2D eigenvalue weighted by molar-refractivity contribution is -0.127. The van der Waals surface area contributed by atoms with Crippen molar-refractivity contribution in [3.8, 4) is 11.5 Å². The summed E-state index contributed by atoms with van der Waals surface area (Å²) in [6, 6.07) is 9.90. The zero-order valence-electron chi connectivity index (χ0n) is 16.2. The van der Waals surface area contributed by atoms with Crippen molar-refractivity contribution in [2.75, 3.05) is 18.1 Å². The Hall–Kier alpha value is -2.17. The van der Waals surface area contributed by atoms with Gasteiger partial charge in [-0.25, -0.2) is 0 Å². The van der Waals surface area contributed by atoms with Crippen molar-refractivity contribution >= 4 is 75.1 Å². The van der Waals surface area contributed by atoms with Crippen molar-refractivity contribution < 1.29 is 19.4 Å². The molecule has 0 bridgehead atoms. The summed E-state index contributed by atoms with van der Waals surface area (Å²) >= 11 is 13.4. The number of likely N-dealkylation sites (N-methyl/N-ethyl adjacent to an activating group) is 1. The summed E-state index contributed by atoms with van der Waals surface area (Å²) in [5.74, 6) is -0.707. The van der Waals surface area contributed by atoms with Crippen molar-refractivity contribution in [1.29, 1.82) is 0 Å². The van der Waals surface area contributed by atoms with Gasteiger partial charge in [0.05, 0.1) is 15.9 Å². The van der Waals surface area contributed by atoms with Gasteiger partial charge in [0.2, 0.25) is 0 Å². The molecule has 0 saturated carbocycles. The molecule has 1 aliphatic rings. The molecule has 2 aromatic carbocycles. The van der Waals surface area contributed by atoms with E-state index in [0.29, 0.717) is 33.0 Å². The van der Waals surface area contributed by atoms with Crippen LogP contribution in [0.1, 0.15) is 19.4 Å². The highest BCUT2D eigenvalue weighted by Crippen LogP contribution is 2.34. The second kappa shape index (κ2) is 9.32. The maximum Gasteiger partial charge on any atom is 0.270 e. The van der Waals surface area contributed by atoms with E-state index in [-0.39, 0.29) is 22.2 Å². The van der Waals surface area contributed by atoms with E-state index in [9.17, 15) is 14.7 Å². The van der Waals surface area contributed by atoms with E-state index < -0.39 is 11.8 Å². The van der Waals surface area contributed by atoms with E-state index in [1.807, 2.05) is 22.6 Å². The highest BCUT2D eigenvalue weighted by Gasteiger charge is 2.39. The molecule has 0 radical (unpaired) electrons. The summed E-state index contributed by atoms with van der Waals surface area (Å²) in [6.45, 7) is 4.26. The molecule has 2 amide bonds. The molecular weight excluding hydrogens is 539 g/mol. The maximum atomic E-state index is 13.3. The van der Waals surface area contributed by atoms with Gasteiger partial charge < -0.3 is 9.84 Å². The number of halogens is 2. The van der Waals surface area contributed by atoms with E-state index in [2.05, 4.69) is 0 Å². The van der Waals surface area contributed by atoms with Gasteiger partial charge in [0.1, 0.15) is 5.57 Å². The van der Waals surface area contributed by atoms with Gasteiger partial charge in [-0.2, -0.15) is 0 Å². The Morgan fingerprint density at radius 1 is 1.17 bits per heavy atom. The van der Waals surface area contributed by atoms with Gasteiger partial charge in [-0.1, -0.05) is 11.6 Å². The third-order valence-electron chi connectivity index (χ3n) is 4.39. The van der Waals surface area contributed by atoms with Crippen molar-refractivity contribution in [3.05, 3.63) is 56.1 Å². The number of aromatic hydroxyl groups is 1. The number of phenolic OH excluding ortho intramolecular Hbond substituents is 1. The summed E-state index contributed by atoms with van der Waals surface area (Å²) < 4.78 is 5.99. The van der Waals surface area contributed by atoms with E-state index in [1.54, 1.807) is 50.2 Å². The lowest BCUT2D eigenvalue weighted by Gasteiger charge is -2.36. The molecule has 6 nitrogen and oxygen atoms in total. The number of nitrogens with zero attached hydrogens (tertiary/aromatic N) is 2. The Bertz CT molecular complexity index is 1060. The third kappa shape index (κ3) is 4.30. The summed E-state index contributed by atoms with van der Waals surface area (Å²) in [4.78, 5) is 28.9. The molecule has 3 rings (SSSR count). The average Bonchev–Trinajstić information content (AvgIpc) is 2.71. The fourth-order valence-corrected chi connectivity index (χ4v) is 4.13. The number of rotatable bonds is 5. The first-order valence-electron chi connectivity index (χ1n) is 9.11. The van der Waals surface area contributed by atoms with E-state index in [0.717, 1.165) is 0 Å². The van der Waals surface area contributed by atoms with Crippen LogP contribution in [0.25, 0.3) is 6.08 Å². The molecule has 1 N–H and O–H groups in total. The summed E-state index contributed by atoms with van der Waals surface area (Å²) in [6.07, 6.45) is 1.49. The minimum Gasteiger partial charge on any atom is -0.504 e. The van der Waals surface area contributed by atoms with E-state index in [1.165, 1.54) is 15.9 Å². The number of hydrogen-bond donors (Lipinski definition) is 1. The first-order chi connectivity index (χ1) is 14.3. The monoisotopic (exact) mass is 556 g/mol. The van der Waals surface area contributed by atoms with Gasteiger partial charge in [0, 0.05) is 11.6 Å². The maximum absolute atomic E-state index is 13.3. The number of benzene rings is 2. The number of thiocarbonyl (C=S) groups is 1. The molecule has 1 heterocycles. The zero-order valence-corrected chi connectivity index (χ0v) is 19.9. The number of carbonyl (C=O) groups is 2. The molecule has 0 spiro atoms. The molecule has 1 fully saturated rings. The van der Waals surface area contributed by atoms with Crippen LogP contribution in [-0.2, 0) is 9.59 Å². The first-order valence-corrected chi connectivity index (χ1v) is 11.0. The SMILES string of the molecule is CCOc1cc(/C=C2\C(=O)N(CC)C(=S)N(c3ccc(Cl)cc3)C2=O)cc(I)c1O. The normalized spacial score (nSPS) is 15.9. The Morgan fingerprint density at radius 3 is 2.43 bits per heavy atom. The van der Waals surface area contributed by atoms with Gasteiger partial charge in [-0.15, -0.1) is 0 Å². The van der Waals surface area contributed by atoms with Gasteiger partial charge in [0.25, 0.3) is 11.8 Å². The Balaban J connectivity index is 2.11. The van der Waals surface area contributed by atoms with Crippen LogP contribution in [0.4, 0.5) is 5.69 Å². The van der Waals surface area contributed by atoms with Crippen LogP contribution in [0.5, 0.6) is 11.5 Å². The Kier molecular flexibility index (Phi) is 6.99. The molecule has 30 heavy (non-hydrogen) atoms. The molecule has 0 aromatic heterocycles. The third-order valence-corrected chi connectivity index (χ3v) is 5.87. The van der Waals surface area contributed by atoms with E-state index in [4.69, 9.17) is 28.6 Å². The van der Waals surface area contributed by atoms with E-state index >= 15 is 0 Å². The fourth-order valence-electron chi connectivity index (χ4n) is 2.98. The van der Waals surface area contributed by atoms with Crippen LogP contribution in [-0.4, -0.2) is 40.1 Å². The van der Waals surface area contributed by atoms with Gasteiger partial charge in [-0.05, 0) is 96.7 Å². The van der Waals surface area contributed by atoms with Gasteiger partial charge in [-0.3, -0.25) is 19.4 Å². The number of ether oxygens (including phenoxy) is 1. The molecular formula is C21H18ClIN2O4S. The second-order valence-electron chi connectivity index (χ2n) is 6.29. The minimum atomic E-state index is -0.530. The lowest BCUT2D eigenvalue weighted by Crippen LogP contribution is -2.56. The van der Waals surface area contributed by atoms with Crippen molar-refractivity contribution in [1.82, 2.24) is 4.90 Å². The first kappa shape index (κ1) is 22.5. The van der Waals surface area contributed by atoms with Crippen LogP contribution in [0.15, 0.2) is 42.0 Å². The Labute approximate surface area is 198 Å². The van der Waals surface area contributed by atoms with Gasteiger partial charge >= 0.3 is 0 Å². The molecule has 1 aliphatic heterocycles. The summed E-state index contributed by atoms with van der Waals surface area (Å²) in [5, 5.41) is 10.8. The zero-order chi connectivity index (χ0) is 22.0. The van der Waals surface area contributed by atoms with Crippen molar-refractivity contribution in [3.63, 3.8) is 0 Å².